The fourth-order valence-corrected chi connectivity index (χ4v) is 5.25. The number of thiazole rings is 1. The van der Waals surface area contributed by atoms with Crippen molar-refractivity contribution in [1.82, 2.24) is 24.8 Å². The molecule has 0 aliphatic carbocycles. The molecule has 5 rings (SSSR count). The molecular weight excluding hydrogens is 476 g/mol. The summed E-state index contributed by atoms with van der Waals surface area (Å²) in [4.78, 5) is 35.6. The zero-order chi connectivity index (χ0) is 24.0. The standard InChI is InChI=1S/C23H23ClN6O3S/c1-12(31)21(33)30-8-7-15(11-30)25-20(32)13-3-6-18-17(9-13)26-22(29(18)2)28-23-27-16-5-4-14(24)10-19(16)34-23/h3-6,9-10,12,15,31H,7-8,11H2,1-2H3,(H,25,32)(H,26,27,28). The number of carbonyl (C=O) groups is 2. The van der Waals surface area contributed by atoms with Crippen molar-refractivity contribution in [2.75, 3.05) is 18.4 Å². The second kappa shape index (κ2) is 8.86. The Hall–Kier alpha value is -3.21. The quantitative estimate of drug-likeness (QED) is 0.389. The Kier molecular flexibility index (Phi) is 5.88. The lowest BCUT2D eigenvalue weighted by Crippen LogP contribution is -2.40. The van der Waals surface area contributed by atoms with Crippen LogP contribution in [-0.2, 0) is 11.8 Å². The number of amides is 2. The van der Waals surface area contributed by atoms with Crippen molar-refractivity contribution in [1.29, 1.82) is 0 Å². The smallest absolute Gasteiger partial charge is 0.251 e. The minimum atomic E-state index is -1.04. The number of aromatic nitrogens is 3. The number of hydrogen-bond donors (Lipinski definition) is 3. The van der Waals surface area contributed by atoms with Gasteiger partial charge in [0.2, 0.25) is 5.95 Å². The number of hydrogen-bond acceptors (Lipinski definition) is 7. The Bertz CT molecular complexity index is 1410. The molecule has 2 atom stereocenters. The van der Waals surface area contributed by atoms with E-state index in [1.807, 2.05) is 35.9 Å². The van der Waals surface area contributed by atoms with Gasteiger partial charge in [-0.15, -0.1) is 0 Å². The van der Waals surface area contributed by atoms with Crippen LogP contribution in [0.15, 0.2) is 36.4 Å². The lowest BCUT2D eigenvalue weighted by atomic mass is 10.1. The maximum absolute atomic E-state index is 12.8. The molecule has 0 radical (unpaired) electrons. The van der Waals surface area contributed by atoms with E-state index < -0.39 is 6.10 Å². The average molecular weight is 499 g/mol. The summed E-state index contributed by atoms with van der Waals surface area (Å²) in [6.45, 7) is 2.36. The summed E-state index contributed by atoms with van der Waals surface area (Å²) >= 11 is 7.56. The minimum absolute atomic E-state index is 0.153. The third kappa shape index (κ3) is 4.31. The third-order valence-electron chi connectivity index (χ3n) is 5.90. The van der Waals surface area contributed by atoms with E-state index in [-0.39, 0.29) is 17.9 Å². The third-order valence-corrected chi connectivity index (χ3v) is 7.07. The molecule has 176 valence electrons. The first-order valence-corrected chi connectivity index (χ1v) is 12.1. The van der Waals surface area contributed by atoms with Crippen molar-refractivity contribution in [2.45, 2.75) is 25.5 Å². The molecule has 3 N–H and O–H groups in total. The molecular formula is C23H23ClN6O3S. The largest absolute Gasteiger partial charge is 0.384 e. The predicted molar refractivity (Wildman–Crippen MR) is 133 cm³/mol. The van der Waals surface area contributed by atoms with Gasteiger partial charge in [0, 0.05) is 36.8 Å². The van der Waals surface area contributed by atoms with Crippen LogP contribution in [0.25, 0.3) is 21.3 Å². The number of nitrogens with one attached hydrogen (secondary N) is 2. The Morgan fingerprint density at radius 1 is 1.21 bits per heavy atom. The van der Waals surface area contributed by atoms with Gasteiger partial charge in [0.1, 0.15) is 6.10 Å². The van der Waals surface area contributed by atoms with Gasteiger partial charge in [-0.05, 0) is 49.7 Å². The van der Waals surface area contributed by atoms with Crippen LogP contribution in [0.5, 0.6) is 0 Å². The number of imidazole rings is 1. The first-order chi connectivity index (χ1) is 16.3. The van der Waals surface area contributed by atoms with E-state index >= 15 is 0 Å². The van der Waals surface area contributed by atoms with Gasteiger partial charge in [-0.1, -0.05) is 22.9 Å². The summed E-state index contributed by atoms with van der Waals surface area (Å²) in [5.74, 6) is 0.0742. The lowest BCUT2D eigenvalue weighted by Gasteiger charge is -2.18. The fourth-order valence-electron chi connectivity index (χ4n) is 4.11. The van der Waals surface area contributed by atoms with Crippen molar-refractivity contribution >= 4 is 67.1 Å². The summed E-state index contributed by atoms with van der Waals surface area (Å²) < 4.78 is 2.89. The van der Waals surface area contributed by atoms with Crippen LogP contribution < -0.4 is 10.6 Å². The number of anilines is 2. The van der Waals surface area contributed by atoms with E-state index in [1.54, 1.807) is 17.0 Å². The van der Waals surface area contributed by atoms with E-state index in [4.69, 9.17) is 11.6 Å². The summed E-state index contributed by atoms with van der Waals surface area (Å²) in [5, 5.41) is 17.1. The van der Waals surface area contributed by atoms with Gasteiger partial charge < -0.3 is 25.2 Å². The molecule has 2 aromatic heterocycles. The van der Waals surface area contributed by atoms with E-state index in [0.717, 1.165) is 15.7 Å². The van der Waals surface area contributed by atoms with Gasteiger partial charge >= 0.3 is 0 Å². The summed E-state index contributed by atoms with van der Waals surface area (Å²) in [7, 11) is 1.90. The molecule has 3 heterocycles. The predicted octanol–water partition coefficient (Wildman–Crippen LogP) is 3.29. The first-order valence-electron chi connectivity index (χ1n) is 10.9. The van der Waals surface area contributed by atoms with E-state index in [2.05, 4.69) is 20.6 Å². The molecule has 2 amide bonds. The van der Waals surface area contributed by atoms with Crippen molar-refractivity contribution in [3.05, 3.63) is 47.0 Å². The molecule has 0 bridgehead atoms. The number of benzene rings is 2. The minimum Gasteiger partial charge on any atom is -0.384 e. The normalized spacial score (nSPS) is 16.8. The number of fused-ring (bicyclic) bond motifs is 2. The molecule has 1 aliphatic rings. The van der Waals surface area contributed by atoms with Crippen LogP contribution in [0.1, 0.15) is 23.7 Å². The van der Waals surface area contributed by atoms with E-state index in [0.29, 0.717) is 46.7 Å². The highest BCUT2D eigenvalue weighted by atomic mass is 35.5. The average Bonchev–Trinajstić information content (AvgIpc) is 3.50. The monoisotopic (exact) mass is 498 g/mol. The molecule has 1 fully saturated rings. The maximum Gasteiger partial charge on any atom is 0.251 e. The number of aryl methyl sites for hydroxylation is 1. The van der Waals surface area contributed by atoms with E-state index in [9.17, 15) is 14.7 Å². The Morgan fingerprint density at radius 2 is 2.03 bits per heavy atom. The van der Waals surface area contributed by atoms with Crippen LogP contribution in [0.3, 0.4) is 0 Å². The highest BCUT2D eigenvalue weighted by molar-refractivity contribution is 7.22. The number of nitrogens with zero attached hydrogens (tertiary/aromatic N) is 4. The maximum atomic E-state index is 12.8. The van der Waals surface area contributed by atoms with Crippen LogP contribution >= 0.6 is 22.9 Å². The molecule has 11 heteroatoms. The fraction of sp³-hybridized carbons (Fsp3) is 0.304. The second-order valence-corrected chi connectivity index (χ2v) is 9.84. The summed E-state index contributed by atoms with van der Waals surface area (Å²) in [5.41, 5.74) is 2.90. The summed E-state index contributed by atoms with van der Waals surface area (Å²) in [6.07, 6.45) is -0.387. The molecule has 4 aromatic rings. The van der Waals surface area contributed by atoms with Crippen LogP contribution in [0.2, 0.25) is 5.02 Å². The molecule has 2 aromatic carbocycles. The van der Waals surface area contributed by atoms with Gasteiger partial charge in [0.25, 0.3) is 11.8 Å². The van der Waals surface area contributed by atoms with Gasteiger partial charge in [-0.25, -0.2) is 9.97 Å². The zero-order valence-corrected chi connectivity index (χ0v) is 20.2. The first kappa shape index (κ1) is 22.6. The van der Waals surface area contributed by atoms with Crippen molar-refractivity contribution in [2.24, 2.45) is 7.05 Å². The number of aliphatic hydroxyl groups is 1. The molecule has 0 spiro atoms. The van der Waals surface area contributed by atoms with Gasteiger partial charge in [-0.2, -0.15) is 0 Å². The van der Waals surface area contributed by atoms with Gasteiger partial charge in [0.15, 0.2) is 5.13 Å². The van der Waals surface area contributed by atoms with Crippen LogP contribution in [-0.4, -0.2) is 61.6 Å². The van der Waals surface area contributed by atoms with Gasteiger partial charge in [0.05, 0.1) is 21.3 Å². The van der Waals surface area contributed by atoms with Crippen LogP contribution in [0.4, 0.5) is 11.1 Å². The number of likely N-dealkylation sites (tertiary alicyclic amines) is 1. The topological polar surface area (TPSA) is 112 Å². The summed E-state index contributed by atoms with van der Waals surface area (Å²) in [6, 6.07) is 10.8. The Balaban J connectivity index is 1.31. The SMILES string of the molecule is CC(O)C(=O)N1CCC(NC(=O)c2ccc3c(c2)nc(Nc2nc4ccc(Cl)cc4s2)n3C)C1. The lowest BCUT2D eigenvalue weighted by molar-refractivity contribution is -0.138. The second-order valence-electron chi connectivity index (χ2n) is 8.37. The molecule has 34 heavy (non-hydrogen) atoms. The Morgan fingerprint density at radius 3 is 2.82 bits per heavy atom. The van der Waals surface area contributed by atoms with Crippen molar-refractivity contribution in [3.63, 3.8) is 0 Å². The van der Waals surface area contributed by atoms with E-state index in [1.165, 1.54) is 18.3 Å². The van der Waals surface area contributed by atoms with Crippen molar-refractivity contribution in [3.8, 4) is 0 Å². The van der Waals surface area contributed by atoms with Crippen molar-refractivity contribution < 1.29 is 14.7 Å². The Labute approximate surface area is 204 Å². The van der Waals surface area contributed by atoms with Gasteiger partial charge in [-0.3, -0.25) is 9.59 Å². The number of halogens is 1. The molecule has 0 saturated carbocycles. The number of rotatable bonds is 5. The van der Waals surface area contributed by atoms with Crippen LogP contribution in [0, 0.1) is 0 Å². The molecule has 9 nitrogen and oxygen atoms in total. The highest BCUT2D eigenvalue weighted by Gasteiger charge is 2.29. The molecule has 2 unspecified atom stereocenters. The highest BCUT2D eigenvalue weighted by Crippen LogP contribution is 2.31. The number of aliphatic hydroxyl groups excluding tert-OH is 1. The molecule has 1 saturated heterocycles. The zero-order valence-electron chi connectivity index (χ0n) is 18.6. The molecule has 1 aliphatic heterocycles. The number of carbonyl (C=O) groups excluding carboxylic acids is 2.